The van der Waals surface area contributed by atoms with Crippen molar-refractivity contribution < 1.29 is 4.74 Å². The second-order valence-electron chi connectivity index (χ2n) is 7.92. The van der Waals surface area contributed by atoms with Gasteiger partial charge >= 0.3 is 0 Å². The molecule has 8 heteroatoms. The van der Waals surface area contributed by atoms with Gasteiger partial charge in [-0.2, -0.15) is 10.3 Å². The third-order valence-electron chi connectivity index (χ3n) is 5.76. The summed E-state index contributed by atoms with van der Waals surface area (Å²) in [7, 11) is 0. The molecule has 1 fully saturated rings. The highest BCUT2D eigenvalue weighted by molar-refractivity contribution is 5.78. The number of aromatic nitrogens is 5. The van der Waals surface area contributed by atoms with Crippen LogP contribution in [0.1, 0.15) is 30.4 Å². The molecule has 0 amide bonds. The number of aromatic amines is 1. The summed E-state index contributed by atoms with van der Waals surface area (Å²) in [5.41, 5.74) is 11.4. The Morgan fingerprint density at radius 2 is 1.87 bits per heavy atom. The Hall–Kier alpha value is -3.68. The van der Waals surface area contributed by atoms with E-state index in [9.17, 15) is 0 Å². The summed E-state index contributed by atoms with van der Waals surface area (Å²) >= 11 is 0. The zero-order chi connectivity index (χ0) is 21.2. The lowest BCUT2D eigenvalue weighted by atomic mass is 10.0. The topological polar surface area (TPSA) is 106 Å². The number of anilines is 2. The standard InChI is InChI=1S/C23H25N7O/c1-15-11-16(17-7-8-21(25-13-17)30-9-3-2-4-10-30)5-6-18(15)14-31-19-12-20(24)26-23-22(19)27-29-28-23/h5-8,11-13H,2-4,9-10,14H2,1H3,(H3,24,26,27,28,29). The van der Waals surface area contributed by atoms with Crippen molar-refractivity contribution in [2.75, 3.05) is 23.7 Å². The first kappa shape index (κ1) is 19.3. The van der Waals surface area contributed by atoms with Crippen LogP contribution in [0.15, 0.2) is 42.6 Å². The molecule has 0 aliphatic carbocycles. The van der Waals surface area contributed by atoms with Gasteiger partial charge in [-0.1, -0.05) is 18.2 Å². The predicted molar refractivity (Wildman–Crippen MR) is 121 cm³/mol. The molecule has 5 rings (SSSR count). The summed E-state index contributed by atoms with van der Waals surface area (Å²) in [6, 6.07) is 12.3. The van der Waals surface area contributed by atoms with Crippen LogP contribution >= 0.6 is 0 Å². The second-order valence-corrected chi connectivity index (χ2v) is 7.92. The Balaban J connectivity index is 1.31. The maximum absolute atomic E-state index is 5.99. The Labute approximate surface area is 180 Å². The number of hydrogen-bond donors (Lipinski definition) is 2. The number of piperidine rings is 1. The average molecular weight is 416 g/mol. The maximum Gasteiger partial charge on any atom is 0.207 e. The molecular weight excluding hydrogens is 390 g/mol. The van der Waals surface area contributed by atoms with Gasteiger partial charge in [-0.3, -0.25) is 0 Å². The summed E-state index contributed by atoms with van der Waals surface area (Å²) < 4.78 is 5.99. The molecule has 1 saturated heterocycles. The molecular formula is C23H25N7O. The number of pyridine rings is 2. The van der Waals surface area contributed by atoms with Crippen molar-refractivity contribution in [1.82, 2.24) is 25.4 Å². The van der Waals surface area contributed by atoms with Crippen LogP contribution in [0.3, 0.4) is 0 Å². The van der Waals surface area contributed by atoms with E-state index < -0.39 is 0 Å². The van der Waals surface area contributed by atoms with Crippen LogP contribution in [0.5, 0.6) is 5.75 Å². The smallest absolute Gasteiger partial charge is 0.207 e. The number of nitrogen functional groups attached to an aromatic ring is 1. The summed E-state index contributed by atoms with van der Waals surface area (Å²) in [5.74, 6) is 1.99. The molecule has 31 heavy (non-hydrogen) atoms. The molecule has 0 saturated carbocycles. The number of aryl methyl sites for hydroxylation is 1. The monoisotopic (exact) mass is 415 g/mol. The van der Waals surface area contributed by atoms with Crippen molar-refractivity contribution in [2.45, 2.75) is 32.8 Å². The quantitative estimate of drug-likeness (QED) is 0.509. The minimum absolute atomic E-state index is 0.351. The van der Waals surface area contributed by atoms with E-state index in [-0.39, 0.29) is 0 Å². The van der Waals surface area contributed by atoms with Crippen LogP contribution in [0, 0.1) is 6.92 Å². The number of rotatable bonds is 5. The number of hydrogen-bond acceptors (Lipinski definition) is 7. The highest BCUT2D eigenvalue weighted by atomic mass is 16.5. The van der Waals surface area contributed by atoms with E-state index >= 15 is 0 Å². The van der Waals surface area contributed by atoms with Crippen molar-refractivity contribution in [3.8, 4) is 16.9 Å². The number of H-pyrrole nitrogens is 1. The minimum atomic E-state index is 0.351. The molecule has 1 aliphatic heterocycles. The van der Waals surface area contributed by atoms with Gasteiger partial charge in [0.25, 0.3) is 0 Å². The predicted octanol–water partition coefficient (Wildman–Crippen LogP) is 3.87. The van der Waals surface area contributed by atoms with Gasteiger partial charge in [0.2, 0.25) is 5.65 Å². The molecule has 0 unspecified atom stereocenters. The third-order valence-corrected chi connectivity index (χ3v) is 5.76. The lowest BCUT2D eigenvalue weighted by Crippen LogP contribution is -2.29. The van der Waals surface area contributed by atoms with E-state index in [0.717, 1.165) is 41.2 Å². The Kier molecular flexibility index (Phi) is 5.11. The van der Waals surface area contributed by atoms with Gasteiger partial charge in [0.15, 0.2) is 11.3 Å². The first-order valence-corrected chi connectivity index (χ1v) is 10.6. The highest BCUT2D eigenvalue weighted by Gasteiger charge is 2.13. The fourth-order valence-electron chi connectivity index (χ4n) is 4.00. The largest absolute Gasteiger partial charge is 0.486 e. The first-order valence-electron chi connectivity index (χ1n) is 10.6. The van der Waals surface area contributed by atoms with Crippen LogP contribution in [0.25, 0.3) is 22.3 Å². The molecule has 1 aliphatic rings. The van der Waals surface area contributed by atoms with Gasteiger partial charge in [0.05, 0.1) is 0 Å². The van der Waals surface area contributed by atoms with Crippen LogP contribution in [0.2, 0.25) is 0 Å². The molecule has 0 atom stereocenters. The summed E-state index contributed by atoms with van der Waals surface area (Å²) in [6.45, 7) is 4.70. The normalized spacial score (nSPS) is 14.2. The van der Waals surface area contributed by atoms with E-state index in [1.165, 1.54) is 19.3 Å². The lowest BCUT2D eigenvalue weighted by Gasteiger charge is -2.27. The molecule has 0 radical (unpaired) electrons. The van der Waals surface area contributed by atoms with E-state index in [1.54, 1.807) is 6.07 Å². The molecule has 4 aromatic rings. The zero-order valence-corrected chi connectivity index (χ0v) is 17.5. The lowest BCUT2D eigenvalue weighted by molar-refractivity contribution is 0.308. The van der Waals surface area contributed by atoms with E-state index in [0.29, 0.717) is 29.3 Å². The number of benzene rings is 1. The summed E-state index contributed by atoms with van der Waals surface area (Å²) in [4.78, 5) is 11.2. The Morgan fingerprint density at radius 1 is 1.03 bits per heavy atom. The fourth-order valence-corrected chi connectivity index (χ4v) is 4.00. The van der Waals surface area contributed by atoms with Crippen molar-refractivity contribution in [1.29, 1.82) is 0 Å². The van der Waals surface area contributed by atoms with E-state index in [1.807, 2.05) is 6.20 Å². The first-order chi connectivity index (χ1) is 15.2. The summed E-state index contributed by atoms with van der Waals surface area (Å²) in [6.07, 6.45) is 5.79. The highest BCUT2D eigenvalue weighted by Crippen LogP contribution is 2.27. The van der Waals surface area contributed by atoms with Crippen LogP contribution in [-0.2, 0) is 6.61 Å². The minimum Gasteiger partial charge on any atom is -0.486 e. The van der Waals surface area contributed by atoms with Gasteiger partial charge < -0.3 is 15.4 Å². The number of fused-ring (bicyclic) bond motifs is 1. The fraction of sp³-hybridized carbons (Fsp3) is 0.304. The number of ether oxygens (including phenoxy) is 1. The molecule has 4 heterocycles. The molecule has 0 bridgehead atoms. The summed E-state index contributed by atoms with van der Waals surface area (Å²) in [5, 5.41) is 10.6. The SMILES string of the molecule is Cc1cc(-c2ccc(N3CCCCC3)nc2)ccc1COc1cc(N)nc2n[nH]nc12. The third kappa shape index (κ3) is 4.01. The Morgan fingerprint density at radius 3 is 2.65 bits per heavy atom. The van der Waals surface area contributed by atoms with Crippen LogP contribution in [0.4, 0.5) is 11.6 Å². The molecule has 8 nitrogen and oxygen atoms in total. The number of nitrogens with zero attached hydrogens (tertiary/aromatic N) is 5. The van der Waals surface area contributed by atoms with Gasteiger partial charge in [-0.15, -0.1) is 5.10 Å². The van der Waals surface area contributed by atoms with Crippen LogP contribution in [-0.4, -0.2) is 38.5 Å². The van der Waals surface area contributed by atoms with Crippen molar-refractivity contribution in [3.05, 3.63) is 53.7 Å². The zero-order valence-electron chi connectivity index (χ0n) is 17.5. The van der Waals surface area contributed by atoms with Crippen molar-refractivity contribution in [3.63, 3.8) is 0 Å². The molecule has 3 N–H and O–H groups in total. The molecule has 1 aromatic carbocycles. The van der Waals surface area contributed by atoms with Crippen LogP contribution < -0.4 is 15.4 Å². The maximum atomic E-state index is 5.99. The average Bonchev–Trinajstić information content (AvgIpc) is 3.27. The molecule has 3 aromatic heterocycles. The second kappa shape index (κ2) is 8.22. The number of nitrogens with one attached hydrogen (secondary N) is 1. The van der Waals surface area contributed by atoms with Gasteiger partial charge in [-0.05, 0) is 55.0 Å². The molecule has 0 spiro atoms. The van der Waals surface area contributed by atoms with Crippen molar-refractivity contribution in [2.24, 2.45) is 0 Å². The van der Waals surface area contributed by atoms with E-state index in [4.69, 9.17) is 15.5 Å². The number of nitrogens with two attached hydrogens (primary N) is 1. The van der Waals surface area contributed by atoms with Gasteiger partial charge in [0.1, 0.15) is 18.2 Å². The van der Waals surface area contributed by atoms with Gasteiger partial charge in [0, 0.05) is 30.9 Å². The van der Waals surface area contributed by atoms with Crippen molar-refractivity contribution >= 4 is 22.8 Å². The van der Waals surface area contributed by atoms with E-state index in [2.05, 4.69) is 62.6 Å². The van der Waals surface area contributed by atoms with Gasteiger partial charge in [-0.25, -0.2) is 9.97 Å². The Bertz CT molecular complexity index is 1200. The molecule has 158 valence electrons.